The molecule has 1 aromatic rings. The largest absolute Gasteiger partial charge is 0.326 e. The van der Waals surface area contributed by atoms with Gasteiger partial charge in [-0.1, -0.05) is 11.6 Å². The van der Waals surface area contributed by atoms with Gasteiger partial charge >= 0.3 is 0 Å². The molecule has 0 radical (unpaired) electrons. The molecule has 3 fully saturated rings. The van der Waals surface area contributed by atoms with Crippen LogP contribution >= 0.6 is 11.6 Å². The van der Waals surface area contributed by atoms with Crippen molar-refractivity contribution in [2.24, 2.45) is 10.9 Å². The van der Waals surface area contributed by atoms with Crippen LogP contribution in [-0.4, -0.2) is 28.9 Å². The molecule has 2 heterocycles. The highest BCUT2D eigenvalue weighted by molar-refractivity contribution is 6.31. The lowest BCUT2D eigenvalue weighted by Crippen LogP contribution is -2.41. The standard InChI is InChI=1S/C15H12ClFN4O/c16-11-6-10(3-4-12(11)17)21-14(22)13-8-1-2-9(5-8)20(13)15(21)19-7-18/h3-4,6,8-9,13H,1-2,5H2/t8-,9+,13-/m1/s1. The fourth-order valence-electron chi connectivity index (χ4n) is 3.96. The van der Waals surface area contributed by atoms with Crippen LogP contribution in [0.25, 0.3) is 0 Å². The lowest BCUT2D eigenvalue weighted by atomic mass is 9.99. The van der Waals surface area contributed by atoms with Crippen molar-refractivity contribution in [1.82, 2.24) is 4.90 Å². The Balaban J connectivity index is 1.81. The lowest BCUT2D eigenvalue weighted by molar-refractivity contribution is -0.120. The van der Waals surface area contributed by atoms with E-state index < -0.39 is 5.82 Å². The summed E-state index contributed by atoms with van der Waals surface area (Å²) in [5, 5.41) is 8.92. The third-order valence-corrected chi connectivity index (χ3v) is 5.09. The number of benzene rings is 1. The number of anilines is 1. The Labute approximate surface area is 131 Å². The second-order valence-corrected chi connectivity index (χ2v) is 6.27. The summed E-state index contributed by atoms with van der Waals surface area (Å²) in [5.41, 5.74) is 0.444. The molecule has 3 atom stereocenters. The van der Waals surface area contributed by atoms with Crippen LogP contribution < -0.4 is 4.90 Å². The van der Waals surface area contributed by atoms with Crippen molar-refractivity contribution >= 4 is 29.2 Å². The molecule has 7 heteroatoms. The zero-order valence-corrected chi connectivity index (χ0v) is 12.3. The molecule has 22 heavy (non-hydrogen) atoms. The van der Waals surface area contributed by atoms with Gasteiger partial charge in [0.2, 0.25) is 12.2 Å². The number of carbonyl (C=O) groups is 1. The predicted molar refractivity (Wildman–Crippen MR) is 78.7 cm³/mol. The van der Waals surface area contributed by atoms with Crippen molar-refractivity contribution in [3.8, 4) is 6.19 Å². The number of hydrogen-bond acceptors (Lipinski definition) is 3. The van der Waals surface area contributed by atoms with Crippen LogP contribution in [0.4, 0.5) is 10.1 Å². The molecule has 1 aliphatic carbocycles. The predicted octanol–water partition coefficient (Wildman–Crippen LogP) is 2.52. The van der Waals surface area contributed by atoms with Gasteiger partial charge in [-0.2, -0.15) is 5.26 Å². The molecule has 5 nitrogen and oxygen atoms in total. The Morgan fingerprint density at radius 2 is 2.23 bits per heavy atom. The first kappa shape index (κ1) is 13.5. The van der Waals surface area contributed by atoms with Crippen LogP contribution in [-0.2, 0) is 4.79 Å². The molecule has 4 rings (SSSR count). The summed E-state index contributed by atoms with van der Waals surface area (Å²) in [7, 11) is 0. The van der Waals surface area contributed by atoms with Crippen molar-refractivity contribution in [2.75, 3.05) is 4.90 Å². The summed E-state index contributed by atoms with van der Waals surface area (Å²) in [6.07, 6.45) is 4.78. The topological polar surface area (TPSA) is 59.7 Å². The minimum absolute atomic E-state index is 0.0587. The highest BCUT2D eigenvalue weighted by atomic mass is 35.5. The van der Waals surface area contributed by atoms with E-state index in [1.807, 2.05) is 4.90 Å². The van der Waals surface area contributed by atoms with Crippen LogP contribution in [0.3, 0.4) is 0 Å². The van der Waals surface area contributed by atoms with E-state index in [1.54, 1.807) is 6.19 Å². The maximum Gasteiger partial charge on any atom is 0.257 e. The SMILES string of the molecule is N#CN=C1N(c2ccc(F)c(Cl)c2)C(=O)[C@H]2[C@@H]3CC[C@@H](C3)N12. The third-order valence-electron chi connectivity index (χ3n) is 4.80. The molecule has 0 aromatic heterocycles. The summed E-state index contributed by atoms with van der Waals surface area (Å²) in [6.45, 7) is 0. The lowest BCUT2D eigenvalue weighted by Gasteiger charge is -2.28. The average Bonchev–Trinajstić information content (AvgIpc) is 3.16. The highest BCUT2D eigenvalue weighted by Crippen LogP contribution is 2.47. The summed E-state index contributed by atoms with van der Waals surface area (Å²) in [4.78, 5) is 20.0. The molecule has 3 aliphatic rings. The normalized spacial score (nSPS) is 31.0. The Morgan fingerprint density at radius 1 is 1.41 bits per heavy atom. The van der Waals surface area contributed by atoms with E-state index in [1.165, 1.54) is 23.1 Å². The highest BCUT2D eigenvalue weighted by Gasteiger charge is 2.58. The minimum atomic E-state index is -0.545. The Kier molecular flexibility index (Phi) is 2.88. The Morgan fingerprint density at radius 3 is 2.95 bits per heavy atom. The first-order chi connectivity index (χ1) is 10.6. The van der Waals surface area contributed by atoms with Gasteiger partial charge in [0.15, 0.2) is 0 Å². The van der Waals surface area contributed by atoms with Gasteiger partial charge in [-0.15, -0.1) is 4.99 Å². The summed E-state index contributed by atoms with van der Waals surface area (Å²) >= 11 is 5.82. The van der Waals surface area contributed by atoms with E-state index in [2.05, 4.69) is 4.99 Å². The molecule has 2 bridgehead atoms. The smallest absolute Gasteiger partial charge is 0.257 e. The molecular formula is C15H12ClFN4O. The Hall–Kier alpha value is -2.13. The fraction of sp³-hybridized carbons (Fsp3) is 0.400. The first-order valence-electron chi connectivity index (χ1n) is 7.16. The number of aliphatic imine (C=N–C) groups is 1. The number of guanidine groups is 1. The van der Waals surface area contributed by atoms with Crippen LogP contribution in [0.15, 0.2) is 23.2 Å². The van der Waals surface area contributed by atoms with Crippen molar-refractivity contribution in [3.05, 3.63) is 29.0 Å². The van der Waals surface area contributed by atoms with E-state index in [9.17, 15) is 9.18 Å². The maximum atomic E-state index is 13.4. The number of carbonyl (C=O) groups excluding carboxylic acids is 1. The van der Waals surface area contributed by atoms with Gasteiger partial charge in [0.1, 0.15) is 11.9 Å². The van der Waals surface area contributed by atoms with Crippen LogP contribution in [0.1, 0.15) is 19.3 Å². The van der Waals surface area contributed by atoms with Gasteiger partial charge in [-0.3, -0.25) is 4.79 Å². The molecule has 0 unspecified atom stereocenters. The van der Waals surface area contributed by atoms with Crippen LogP contribution in [0.5, 0.6) is 0 Å². The number of halogens is 2. The molecule has 2 saturated heterocycles. The number of rotatable bonds is 1. The minimum Gasteiger partial charge on any atom is -0.326 e. The van der Waals surface area contributed by atoms with Gasteiger partial charge in [0.05, 0.1) is 10.7 Å². The number of hydrogen-bond donors (Lipinski definition) is 0. The zero-order valence-electron chi connectivity index (χ0n) is 11.5. The molecule has 1 amide bonds. The molecule has 112 valence electrons. The second-order valence-electron chi connectivity index (χ2n) is 5.86. The monoisotopic (exact) mass is 318 g/mol. The average molecular weight is 319 g/mol. The number of nitriles is 1. The van der Waals surface area contributed by atoms with Crippen molar-refractivity contribution in [1.29, 1.82) is 5.26 Å². The van der Waals surface area contributed by atoms with E-state index in [4.69, 9.17) is 16.9 Å². The summed E-state index contributed by atoms with van der Waals surface area (Å²) in [5.74, 6) is -0.00466. The van der Waals surface area contributed by atoms with Crippen LogP contribution in [0, 0.1) is 23.2 Å². The second kappa shape index (κ2) is 4.68. The van der Waals surface area contributed by atoms with E-state index in [-0.39, 0.29) is 23.0 Å². The molecular weight excluding hydrogens is 307 g/mol. The van der Waals surface area contributed by atoms with Gasteiger partial charge < -0.3 is 4.90 Å². The summed E-state index contributed by atoms with van der Waals surface area (Å²) < 4.78 is 13.4. The third kappa shape index (κ3) is 1.69. The molecule has 0 spiro atoms. The van der Waals surface area contributed by atoms with Crippen molar-refractivity contribution < 1.29 is 9.18 Å². The van der Waals surface area contributed by atoms with Crippen molar-refractivity contribution in [2.45, 2.75) is 31.3 Å². The maximum absolute atomic E-state index is 13.4. The first-order valence-corrected chi connectivity index (χ1v) is 7.53. The number of piperidine rings is 1. The van der Waals surface area contributed by atoms with Crippen LogP contribution in [0.2, 0.25) is 5.02 Å². The molecule has 2 aliphatic heterocycles. The quantitative estimate of drug-likeness (QED) is 0.748. The van der Waals surface area contributed by atoms with Gasteiger partial charge in [0.25, 0.3) is 5.91 Å². The summed E-state index contributed by atoms with van der Waals surface area (Å²) in [6, 6.07) is 4.09. The number of amides is 1. The molecule has 1 saturated carbocycles. The number of nitrogens with zero attached hydrogens (tertiary/aromatic N) is 4. The zero-order chi connectivity index (χ0) is 15.4. The molecule has 1 aromatic carbocycles. The van der Waals surface area contributed by atoms with E-state index >= 15 is 0 Å². The Bertz CT molecular complexity index is 744. The van der Waals surface area contributed by atoms with Gasteiger partial charge in [-0.25, -0.2) is 9.29 Å². The van der Waals surface area contributed by atoms with E-state index in [0.717, 1.165) is 19.3 Å². The van der Waals surface area contributed by atoms with E-state index in [0.29, 0.717) is 17.6 Å². The molecule has 0 N–H and O–H groups in total. The van der Waals surface area contributed by atoms with Gasteiger partial charge in [-0.05, 0) is 43.4 Å². The number of fused-ring (bicyclic) bond motifs is 5. The van der Waals surface area contributed by atoms with Crippen molar-refractivity contribution in [3.63, 3.8) is 0 Å². The van der Waals surface area contributed by atoms with Gasteiger partial charge in [0, 0.05) is 6.04 Å². The fourth-order valence-corrected chi connectivity index (χ4v) is 4.13.